The molecule has 3 rings (SSSR count). The number of nitrogens with one attached hydrogen (secondary N) is 1. The highest BCUT2D eigenvalue weighted by molar-refractivity contribution is 5.95. The summed E-state index contributed by atoms with van der Waals surface area (Å²) in [4.78, 5) is 14.5. The topological polar surface area (TPSA) is 32.3 Å². The monoisotopic (exact) mass is 414 g/mol. The van der Waals surface area contributed by atoms with Gasteiger partial charge in [-0.15, -0.1) is 0 Å². The zero-order chi connectivity index (χ0) is 21.2. The van der Waals surface area contributed by atoms with Gasteiger partial charge in [-0.1, -0.05) is 26.3 Å². The van der Waals surface area contributed by atoms with Crippen molar-refractivity contribution in [1.82, 2.24) is 4.90 Å². The summed E-state index contributed by atoms with van der Waals surface area (Å²) in [5.41, 5.74) is 0.865. The van der Waals surface area contributed by atoms with E-state index in [1.54, 1.807) is 17.0 Å². The standard InChI is InChI=1S/C22H30F4N2O/c1-3-15-8-10-28(11-9-15)20(14(2)22(24,25)26)21(29)27-19-13-17(6-7-18(19)23)12-16-4-5-16/h6-7,13-16,20H,3-5,8-12H2,1-2H3,(H,27,29)/t14-,20-/m1/s1. The number of carbonyl (C=O) groups is 1. The summed E-state index contributed by atoms with van der Waals surface area (Å²) in [7, 11) is 0. The Morgan fingerprint density at radius 1 is 1.17 bits per heavy atom. The maximum absolute atomic E-state index is 14.3. The molecular formula is C22H30F4N2O. The molecule has 0 unspecified atom stereocenters. The lowest BCUT2D eigenvalue weighted by Gasteiger charge is -2.39. The molecule has 1 aliphatic heterocycles. The first-order valence-corrected chi connectivity index (χ1v) is 10.6. The fourth-order valence-corrected chi connectivity index (χ4v) is 4.18. The number of nitrogens with zero attached hydrogens (tertiary/aromatic N) is 1. The fraction of sp³-hybridized carbons (Fsp3) is 0.682. The third-order valence-electron chi connectivity index (χ3n) is 6.39. The molecule has 0 aromatic heterocycles. The van der Waals surface area contributed by atoms with Crippen LogP contribution in [-0.4, -0.2) is 36.1 Å². The van der Waals surface area contributed by atoms with Crippen LogP contribution in [-0.2, 0) is 11.2 Å². The van der Waals surface area contributed by atoms with Crippen LogP contribution in [0.1, 0.15) is 51.5 Å². The highest BCUT2D eigenvalue weighted by atomic mass is 19.4. The molecular weight excluding hydrogens is 384 g/mol. The fourth-order valence-electron chi connectivity index (χ4n) is 4.18. The zero-order valence-electron chi connectivity index (χ0n) is 17.1. The third kappa shape index (κ3) is 5.71. The lowest BCUT2D eigenvalue weighted by Crippen LogP contribution is -2.54. The van der Waals surface area contributed by atoms with Gasteiger partial charge in [-0.2, -0.15) is 13.2 Å². The number of anilines is 1. The van der Waals surface area contributed by atoms with E-state index in [0.717, 1.165) is 51.0 Å². The number of rotatable bonds is 7. The number of likely N-dealkylation sites (tertiary alicyclic amines) is 1. The van der Waals surface area contributed by atoms with Gasteiger partial charge in [-0.3, -0.25) is 9.69 Å². The van der Waals surface area contributed by atoms with Crippen LogP contribution in [0.15, 0.2) is 18.2 Å². The van der Waals surface area contributed by atoms with E-state index >= 15 is 0 Å². The average Bonchev–Trinajstić information content (AvgIpc) is 3.48. The Balaban J connectivity index is 1.77. The number of piperidine rings is 1. The normalized spacial score (nSPS) is 21.0. The Kier molecular flexibility index (Phi) is 6.87. The second kappa shape index (κ2) is 9.02. The van der Waals surface area contributed by atoms with Crippen molar-refractivity contribution in [1.29, 1.82) is 0 Å². The SMILES string of the molecule is CCC1CCN([C@@H](C(=O)Nc2cc(CC3CC3)ccc2F)[C@@H](C)C(F)(F)F)CC1. The molecule has 1 N–H and O–H groups in total. The molecule has 1 amide bonds. The molecule has 2 fully saturated rings. The summed E-state index contributed by atoms with van der Waals surface area (Å²) in [5, 5.41) is 2.46. The van der Waals surface area contributed by atoms with Crippen LogP contribution in [0.4, 0.5) is 23.2 Å². The summed E-state index contributed by atoms with van der Waals surface area (Å²) in [5.74, 6) is -2.18. The quantitative estimate of drug-likeness (QED) is 0.606. The van der Waals surface area contributed by atoms with Crippen LogP contribution >= 0.6 is 0 Å². The average molecular weight is 414 g/mol. The van der Waals surface area contributed by atoms with Crippen LogP contribution in [0.2, 0.25) is 0 Å². The summed E-state index contributed by atoms with van der Waals surface area (Å²) in [6, 6.07) is 3.15. The molecule has 0 radical (unpaired) electrons. The summed E-state index contributed by atoms with van der Waals surface area (Å²) in [6.07, 6.45) is 1.10. The van der Waals surface area contributed by atoms with Crippen molar-refractivity contribution >= 4 is 11.6 Å². The van der Waals surface area contributed by atoms with E-state index in [-0.39, 0.29) is 5.69 Å². The highest BCUT2D eigenvalue weighted by Gasteiger charge is 2.47. The molecule has 1 saturated heterocycles. The first-order valence-electron chi connectivity index (χ1n) is 10.6. The van der Waals surface area contributed by atoms with Crippen LogP contribution in [0.25, 0.3) is 0 Å². The Hall–Kier alpha value is -1.63. The van der Waals surface area contributed by atoms with Crippen molar-refractivity contribution in [3.05, 3.63) is 29.6 Å². The van der Waals surface area contributed by atoms with Gasteiger partial charge < -0.3 is 5.32 Å². The minimum atomic E-state index is -4.50. The van der Waals surface area contributed by atoms with Gasteiger partial charge in [0.05, 0.1) is 11.6 Å². The predicted octanol–water partition coefficient (Wildman–Crippen LogP) is 5.41. The number of halogens is 4. The molecule has 1 aromatic carbocycles. The molecule has 1 aliphatic carbocycles. The number of hydrogen-bond donors (Lipinski definition) is 1. The van der Waals surface area contributed by atoms with Crippen LogP contribution in [0.5, 0.6) is 0 Å². The molecule has 2 aliphatic rings. The minimum absolute atomic E-state index is 0.0315. The van der Waals surface area contributed by atoms with Crippen LogP contribution in [0, 0.1) is 23.6 Å². The second-order valence-electron chi connectivity index (χ2n) is 8.61. The van der Waals surface area contributed by atoms with E-state index in [1.165, 1.54) is 6.07 Å². The van der Waals surface area contributed by atoms with Gasteiger partial charge in [0.1, 0.15) is 11.9 Å². The molecule has 0 bridgehead atoms. The largest absolute Gasteiger partial charge is 0.393 e. The van der Waals surface area contributed by atoms with E-state index in [4.69, 9.17) is 0 Å². The predicted molar refractivity (Wildman–Crippen MR) is 105 cm³/mol. The molecule has 1 aromatic rings. The van der Waals surface area contributed by atoms with E-state index in [1.807, 2.05) is 0 Å². The van der Waals surface area contributed by atoms with Gasteiger partial charge in [0.2, 0.25) is 5.91 Å². The lowest BCUT2D eigenvalue weighted by molar-refractivity contribution is -0.189. The Bertz CT molecular complexity index is 709. The van der Waals surface area contributed by atoms with Gasteiger partial charge in [-0.05, 0) is 74.7 Å². The van der Waals surface area contributed by atoms with Crippen LogP contribution < -0.4 is 5.32 Å². The van der Waals surface area contributed by atoms with Crippen molar-refractivity contribution in [2.24, 2.45) is 17.8 Å². The number of amides is 1. The van der Waals surface area contributed by atoms with Gasteiger partial charge in [-0.25, -0.2) is 4.39 Å². The highest BCUT2D eigenvalue weighted by Crippen LogP contribution is 2.35. The molecule has 1 saturated carbocycles. The molecule has 3 nitrogen and oxygen atoms in total. The molecule has 162 valence electrons. The number of benzene rings is 1. The van der Waals surface area contributed by atoms with E-state index in [2.05, 4.69) is 12.2 Å². The molecule has 29 heavy (non-hydrogen) atoms. The maximum atomic E-state index is 14.3. The number of hydrogen-bond acceptors (Lipinski definition) is 2. The first-order chi connectivity index (χ1) is 13.7. The summed E-state index contributed by atoms with van der Waals surface area (Å²) in [6.45, 7) is 4.00. The lowest BCUT2D eigenvalue weighted by atomic mass is 9.90. The molecule has 7 heteroatoms. The van der Waals surface area contributed by atoms with E-state index < -0.39 is 29.9 Å². The number of alkyl halides is 3. The van der Waals surface area contributed by atoms with E-state index in [0.29, 0.717) is 24.9 Å². The van der Waals surface area contributed by atoms with Crippen molar-refractivity contribution in [3.8, 4) is 0 Å². The Morgan fingerprint density at radius 2 is 1.83 bits per heavy atom. The maximum Gasteiger partial charge on any atom is 0.393 e. The van der Waals surface area contributed by atoms with Gasteiger partial charge in [0, 0.05) is 0 Å². The molecule has 2 atom stereocenters. The minimum Gasteiger partial charge on any atom is -0.322 e. The number of carbonyl (C=O) groups excluding carboxylic acids is 1. The first kappa shape index (κ1) is 22.1. The van der Waals surface area contributed by atoms with Gasteiger partial charge >= 0.3 is 6.18 Å². The van der Waals surface area contributed by atoms with Gasteiger partial charge in [0.25, 0.3) is 0 Å². The Labute approximate surface area is 169 Å². The molecule has 1 heterocycles. The summed E-state index contributed by atoms with van der Waals surface area (Å²) < 4.78 is 54.8. The van der Waals surface area contributed by atoms with Crippen LogP contribution in [0.3, 0.4) is 0 Å². The molecule has 0 spiro atoms. The third-order valence-corrected chi connectivity index (χ3v) is 6.39. The zero-order valence-corrected chi connectivity index (χ0v) is 17.1. The van der Waals surface area contributed by atoms with Crippen molar-refractivity contribution in [3.63, 3.8) is 0 Å². The van der Waals surface area contributed by atoms with Gasteiger partial charge in [0.15, 0.2) is 0 Å². The van der Waals surface area contributed by atoms with Crippen molar-refractivity contribution in [2.45, 2.75) is 64.6 Å². The smallest absolute Gasteiger partial charge is 0.322 e. The van der Waals surface area contributed by atoms with Crippen molar-refractivity contribution < 1.29 is 22.4 Å². The van der Waals surface area contributed by atoms with Crippen molar-refractivity contribution in [2.75, 3.05) is 18.4 Å². The second-order valence-corrected chi connectivity index (χ2v) is 8.61. The summed E-state index contributed by atoms with van der Waals surface area (Å²) >= 11 is 0. The van der Waals surface area contributed by atoms with E-state index in [9.17, 15) is 22.4 Å². The Morgan fingerprint density at radius 3 is 2.38 bits per heavy atom.